The molecule has 0 aliphatic heterocycles. The number of benzene rings is 3. The van der Waals surface area contributed by atoms with E-state index in [9.17, 15) is 10.2 Å². The van der Waals surface area contributed by atoms with Crippen molar-refractivity contribution in [2.24, 2.45) is 9.98 Å². The molecule has 0 spiro atoms. The molecule has 0 bridgehead atoms. The Morgan fingerprint density at radius 1 is 0.793 bits per heavy atom. The molecule has 0 fully saturated rings. The van der Waals surface area contributed by atoms with Crippen molar-refractivity contribution in [2.75, 3.05) is 6.54 Å². The first-order chi connectivity index (χ1) is 14.0. The van der Waals surface area contributed by atoms with Crippen LogP contribution in [0.15, 0.2) is 70.6 Å². The van der Waals surface area contributed by atoms with Crippen LogP contribution in [0.4, 0.5) is 0 Å². The molecule has 148 valence electrons. The van der Waals surface area contributed by atoms with E-state index in [1.807, 2.05) is 24.3 Å². The lowest BCUT2D eigenvalue weighted by Crippen LogP contribution is -2.07. The van der Waals surface area contributed by atoms with E-state index >= 15 is 0 Å². The summed E-state index contributed by atoms with van der Waals surface area (Å²) >= 11 is 0. The van der Waals surface area contributed by atoms with Gasteiger partial charge in [0, 0.05) is 23.6 Å². The maximum Gasteiger partial charge on any atom is 0.124 e. The first kappa shape index (κ1) is 20.3. The van der Waals surface area contributed by atoms with Gasteiger partial charge in [0.15, 0.2) is 0 Å². The predicted octanol–water partition coefficient (Wildman–Crippen LogP) is 5.30. The van der Waals surface area contributed by atoms with Gasteiger partial charge in [-0.2, -0.15) is 0 Å². The van der Waals surface area contributed by atoms with Gasteiger partial charge in [0.1, 0.15) is 11.5 Å². The van der Waals surface area contributed by atoms with Gasteiger partial charge in [-0.05, 0) is 61.7 Å². The molecular formula is C25H26N2O2. The normalized spacial score (nSPS) is 12.7. The monoisotopic (exact) mass is 386 g/mol. The molecule has 3 aromatic rings. The summed E-state index contributed by atoms with van der Waals surface area (Å²) in [6.45, 7) is 6.69. The van der Waals surface area contributed by atoms with Gasteiger partial charge in [-0.15, -0.1) is 0 Å². The number of aromatic hydroxyl groups is 2. The van der Waals surface area contributed by atoms with Gasteiger partial charge in [0.2, 0.25) is 0 Å². The molecule has 1 atom stereocenters. The fourth-order valence-electron chi connectivity index (χ4n) is 3.54. The highest BCUT2D eigenvalue weighted by molar-refractivity contribution is 5.84. The van der Waals surface area contributed by atoms with E-state index in [2.05, 4.69) is 37.9 Å². The molecule has 0 amide bonds. The fraction of sp³-hybridized carbons (Fsp3) is 0.200. The second-order valence-electron chi connectivity index (χ2n) is 7.22. The summed E-state index contributed by atoms with van der Waals surface area (Å²) in [6.07, 6.45) is 3.38. The molecule has 0 heterocycles. The van der Waals surface area contributed by atoms with Gasteiger partial charge in [0.05, 0.1) is 12.6 Å². The van der Waals surface area contributed by atoms with Crippen molar-refractivity contribution in [1.82, 2.24) is 0 Å². The minimum Gasteiger partial charge on any atom is -0.507 e. The van der Waals surface area contributed by atoms with Crippen LogP contribution in [0, 0.1) is 20.8 Å². The standard InChI is InChI=1S/C25H26N2O2/c1-17-12-18(2)25(19(3)13-17)22(27-15-21-9-5-7-11-24(21)29)16-26-14-20-8-4-6-10-23(20)28/h4-15,22,28-29H,16H2,1-3H3/t22-/m1/s1. The van der Waals surface area contributed by atoms with Gasteiger partial charge >= 0.3 is 0 Å². The topological polar surface area (TPSA) is 65.2 Å². The van der Waals surface area contributed by atoms with Crippen LogP contribution < -0.4 is 0 Å². The van der Waals surface area contributed by atoms with Crippen LogP contribution in [0.25, 0.3) is 0 Å². The molecular weight excluding hydrogens is 360 g/mol. The third-order valence-electron chi connectivity index (χ3n) is 4.85. The largest absolute Gasteiger partial charge is 0.507 e. The Morgan fingerprint density at radius 3 is 1.86 bits per heavy atom. The Labute approximate surface area is 171 Å². The van der Waals surface area contributed by atoms with Crippen molar-refractivity contribution in [1.29, 1.82) is 0 Å². The van der Waals surface area contributed by atoms with Crippen LogP contribution in [0.5, 0.6) is 11.5 Å². The summed E-state index contributed by atoms with van der Waals surface area (Å²) < 4.78 is 0. The van der Waals surface area contributed by atoms with E-state index < -0.39 is 0 Å². The highest BCUT2D eigenvalue weighted by Gasteiger charge is 2.15. The predicted molar refractivity (Wildman–Crippen MR) is 120 cm³/mol. The second kappa shape index (κ2) is 9.20. The minimum absolute atomic E-state index is 0.197. The fourth-order valence-corrected chi connectivity index (χ4v) is 3.54. The van der Waals surface area contributed by atoms with Crippen LogP contribution in [0.3, 0.4) is 0 Å². The second-order valence-corrected chi connectivity index (χ2v) is 7.22. The molecule has 3 rings (SSSR count). The SMILES string of the molecule is Cc1cc(C)c([C@@H](CN=Cc2ccccc2O)N=Cc2ccccc2O)c(C)c1. The molecule has 0 aromatic heterocycles. The molecule has 0 saturated heterocycles. The number of hydrogen-bond donors (Lipinski definition) is 2. The average molecular weight is 386 g/mol. The first-order valence-electron chi connectivity index (χ1n) is 9.62. The molecule has 3 aromatic carbocycles. The highest BCUT2D eigenvalue weighted by Crippen LogP contribution is 2.27. The van der Waals surface area contributed by atoms with Crippen molar-refractivity contribution in [3.63, 3.8) is 0 Å². The average Bonchev–Trinajstić information content (AvgIpc) is 2.67. The van der Waals surface area contributed by atoms with E-state index in [0.29, 0.717) is 17.7 Å². The van der Waals surface area contributed by atoms with Crippen molar-refractivity contribution >= 4 is 12.4 Å². The summed E-state index contributed by atoms with van der Waals surface area (Å²) in [6, 6.07) is 18.3. The van der Waals surface area contributed by atoms with Gasteiger partial charge < -0.3 is 10.2 Å². The van der Waals surface area contributed by atoms with Crippen LogP contribution in [0.1, 0.15) is 39.4 Å². The molecule has 0 unspecified atom stereocenters. The Morgan fingerprint density at radius 2 is 1.31 bits per heavy atom. The summed E-state index contributed by atoms with van der Waals surface area (Å²) in [4.78, 5) is 9.33. The van der Waals surface area contributed by atoms with E-state index in [0.717, 1.165) is 5.56 Å². The molecule has 0 aliphatic rings. The lowest BCUT2D eigenvalue weighted by Gasteiger charge is -2.17. The number of aliphatic imine (C=N–C) groups is 2. The Hall–Kier alpha value is -3.40. The molecule has 4 nitrogen and oxygen atoms in total. The zero-order valence-corrected chi connectivity index (χ0v) is 17.0. The third-order valence-corrected chi connectivity index (χ3v) is 4.85. The van der Waals surface area contributed by atoms with E-state index in [4.69, 9.17) is 4.99 Å². The summed E-state index contributed by atoms with van der Waals surface area (Å²) in [5.74, 6) is 0.401. The van der Waals surface area contributed by atoms with Crippen LogP contribution >= 0.6 is 0 Å². The maximum absolute atomic E-state index is 10.0. The highest BCUT2D eigenvalue weighted by atomic mass is 16.3. The van der Waals surface area contributed by atoms with Gasteiger partial charge in [-0.1, -0.05) is 42.0 Å². The molecule has 0 saturated carbocycles. The first-order valence-corrected chi connectivity index (χ1v) is 9.62. The zero-order valence-electron chi connectivity index (χ0n) is 17.0. The third kappa shape index (κ3) is 5.11. The molecule has 0 aliphatic carbocycles. The molecule has 29 heavy (non-hydrogen) atoms. The van der Waals surface area contributed by atoms with Gasteiger partial charge in [0.25, 0.3) is 0 Å². The summed E-state index contributed by atoms with van der Waals surface area (Å²) in [5, 5.41) is 20.0. The molecule has 4 heteroatoms. The van der Waals surface area contributed by atoms with Crippen LogP contribution in [0.2, 0.25) is 0 Å². The number of rotatable bonds is 6. The number of phenolic OH excluding ortho intramolecular Hbond substituents is 2. The number of hydrogen-bond acceptors (Lipinski definition) is 4. The molecule has 0 radical (unpaired) electrons. The summed E-state index contributed by atoms with van der Waals surface area (Å²) in [7, 11) is 0. The Bertz CT molecular complexity index is 1030. The smallest absolute Gasteiger partial charge is 0.124 e. The molecule has 2 N–H and O–H groups in total. The lowest BCUT2D eigenvalue weighted by atomic mass is 9.94. The van der Waals surface area contributed by atoms with E-state index in [1.54, 1.807) is 36.7 Å². The van der Waals surface area contributed by atoms with Crippen molar-refractivity contribution in [3.8, 4) is 11.5 Å². The van der Waals surface area contributed by atoms with E-state index in [1.165, 1.54) is 16.7 Å². The van der Waals surface area contributed by atoms with Crippen molar-refractivity contribution < 1.29 is 10.2 Å². The van der Waals surface area contributed by atoms with Crippen molar-refractivity contribution in [2.45, 2.75) is 26.8 Å². The van der Waals surface area contributed by atoms with E-state index in [-0.39, 0.29) is 17.5 Å². The zero-order chi connectivity index (χ0) is 20.8. The number of phenols is 2. The van der Waals surface area contributed by atoms with Gasteiger partial charge in [-0.3, -0.25) is 9.98 Å². The van der Waals surface area contributed by atoms with Crippen LogP contribution in [-0.2, 0) is 0 Å². The number of para-hydroxylation sites is 2. The number of nitrogens with zero attached hydrogens (tertiary/aromatic N) is 2. The summed E-state index contributed by atoms with van der Waals surface area (Å²) in [5.41, 5.74) is 6.03. The Kier molecular flexibility index (Phi) is 6.45. The Balaban J connectivity index is 1.94. The van der Waals surface area contributed by atoms with Crippen molar-refractivity contribution in [3.05, 3.63) is 94.0 Å². The maximum atomic E-state index is 10.0. The van der Waals surface area contributed by atoms with Crippen LogP contribution in [-0.4, -0.2) is 29.2 Å². The minimum atomic E-state index is -0.197. The quantitative estimate of drug-likeness (QED) is 0.564. The van der Waals surface area contributed by atoms with Gasteiger partial charge in [-0.25, -0.2) is 0 Å². The lowest BCUT2D eigenvalue weighted by molar-refractivity contribution is 0.474. The number of aryl methyl sites for hydroxylation is 3.